The molecule has 2 heterocycles. The quantitative estimate of drug-likeness (QED) is 0.853. The predicted octanol–water partition coefficient (Wildman–Crippen LogP) is 2.45. The first-order valence-electron chi connectivity index (χ1n) is 8.11. The van der Waals surface area contributed by atoms with E-state index < -0.39 is 11.8 Å². The van der Waals surface area contributed by atoms with Crippen LogP contribution >= 0.6 is 0 Å². The van der Waals surface area contributed by atoms with Gasteiger partial charge in [-0.15, -0.1) is 0 Å². The van der Waals surface area contributed by atoms with Gasteiger partial charge in [0.05, 0.1) is 0 Å². The molecule has 3 rings (SSSR count). The van der Waals surface area contributed by atoms with Crippen LogP contribution in [0.15, 0.2) is 12.4 Å². The average molecular weight is 325 g/mol. The van der Waals surface area contributed by atoms with Crippen LogP contribution in [0.3, 0.4) is 0 Å². The number of halogens is 2. The summed E-state index contributed by atoms with van der Waals surface area (Å²) < 4.78 is 31.5. The topological polar surface area (TPSA) is 55.3 Å². The lowest BCUT2D eigenvalue weighted by Crippen LogP contribution is -2.50. The summed E-state index contributed by atoms with van der Waals surface area (Å²) in [6.07, 6.45) is 5.08. The number of carbonyl (C=O) groups is 1. The van der Waals surface area contributed by atoms with Gasteiger partial charge in [0.2, 0.25) is 11.8 Å². The van der Waals surface area contributed by atoms with Gasteiger partial charge in [0.15, 0.2) is 0 Å². The second-order valence-corrected chi connectivity index (χ2v) is 6.33. The maximum absolute atomic E-state index is 12.9. The van der Waals surface area contributed by atoms with E-state index in [9.17, 15) is 13.6 Å². The minimum absolute atomic E-state index is 0.0330. The highest BCUT2D eigenvalue weighted by molar-refractivity contribution is 5.80. The van der Waals surface area contributed by atoms with Crippen LogP contribution in [0.1, 0.15) is 38.2 Å². The van der Waals surface area contributed by atoms with Crippen LogP contribution < -0.4 is 4.74 Å². The second kappa shape index (κ2) is 6.37. The Bertz CT molecular complexity index is 549. The van der Waals surface area contributed by atoms with Gasteiger partial charge in [-0.05, 0) is 12.0 Å². The van der Waals surface area contributed by atoms with E-state index in [1.54, 1.807) is 17.3 Å². The van der Waals surface area contributed by atoms with Crippen molar-refractivity contribution in [1.82, 2.24) is 14.9 Å². The van der Waals surface area contributed by atoms with Crippen LogP contribution in [0.4, 0.5) is 8.78 Å². The van der Waals surface area contributed by atoms with Crippen molar-refractivity contribution in [1.29, 1.82) is 0 Å². The third kappa shape index (κ3) is 3.76. The highest BCUT2D eigenvalue weighted by Crippen LogP contribution is 2.43. The van der Waals surface area contributed by atoms with Crippen molar-refractivity contribution in [2.45, 2.75) is 51.1 Å². The Kier molecular flexibility index (Phi) is 4.46. The van der Waals surface area contributed by atoms with E-state index in [-0.39, 0.29) is 24.9 Å². The van der Waals surface area contributed by atoms with Crippen molar-refractivity contribution in [3.05, 3.63) is 18.0 Å². The molecule has 0 aromatic carbocycles. The molecule has 5 nitrogen and oxygen atoms in total. The van der Waals surface area contributed by atoms with Gasteiger partial charge in [-0.2, -0.15) is 0 Å². The summed E-state index contributed by atoms with van der Waals surface area (Å²) in [5.41, 5.74) is 1.05. The number of amides is 1. The van der Waals surface area contributed by atoms with Gasteiger partial charge < -0.3 is 9.64 Å². The summed E-state index contributed by atoms with van der Waals surface area (Å²) >= 11 is 0. The van der Waals surface area contributed by atoms with Crippen molar-refractivity contribution in [2.75, 3.05) is 13.1 Å². The Hall–Kier alpha value is -1.79. The van der Waals surface area contributed by atoms with Crippen molar-refractivity contribution >= 4 is 5.91 Å². The van der Waals surface area contributed by atoms with Gasteiger partial charge in [0, 0.05) is 57.1 Å². The molecule has 1 saturated carbocycles. The standard InChI is InChI=1S/C16H21F2N3O2/c1-2-11-9-19-15(20-10-11)23-13-3-5-21(6-4-13)14(22)12-7-16(17,18)8-12/h9-10,12-13H,2-8H2,1H3. The summed E-state index contributed by atoms with van der Waals surface area (Å²) in [6, 6.07) is 0.352. The van der Waals surface area contributed by atoms with E-state index >= 15 is 0 Å². The lowest BCUT2D eigenvalue weighted by molar-refractivity contribution is -0.161. The van der Waals surface area contributed by atoms with Crippen molar-refractivity contribution in [3.8, 4) is 6.01 Å². The van der Waals surface area contributed by atoms with Crippen LogP contribution in [-0.4, -0.2) is 45.9 Å². The molecule has 1 amide bonds. The SMILES string of the molecule is CCc1cnc(OC2CCN(C(=O)C3CC(F)(F)C3)CC2)nc1. The number of nitrogens with zero attached hydrogens (tertiary/aromatic N) is 3. The Morgan fingerprint density at radius 3 is 2.43 bits per heavy atom. The van der Waals surface area contributed by atoms with Crippen LogP contribution in [-0.2, 0) is 11.2 Å². The predicted molar refractivity (Wildman–Crippen MR) is 79.3 cm³/mol. The zero-order chi connectivity index (χ0) is 16.4. The molecule has 0 bridgehead atoms. The Morgan fingerprint density at radius 1 is 1.30 bits per heavy atom. The van der Waals surface area contributed by atoms with E-state index in [1.807, 2.05) is 6.92 Å². The Balaban J connectivity index is 1.45. The van der Waals surface area contributed by atoms with Crippen LogP contribution in [0, 0.1) is 5.92 Å². The minimum Gasteiger partial charge on any atom is -0.460 e. The number of likely N-dealkylation sites (tertiary alicyclic amines) is 1. The number of alkyl halides is 2. The zero-order valence-corrected chi connectivity index (χ0v) is 13.2. The van der Waals surface area contributed by atoms with Crippen LogP contribution in [0.2, 0.25) is 0 Å². The Morgan fingerprint density at radius 2 is 1.91 bits per heavy atom. The van der Waals surface area contributed by atoms with Crippen molar-refractivity contribution in [2.24, 2.45) is 5.92 Å². The lowest BCUT2D eigenvalue weighted by Gasteiger charge is -2.39. The van der Waals surface area contributed by atoms with Gasteiger partial charge in [-0.3, -0.25) is 4.79 Å². The maximum atomic E-state index is 12.9. The highest BCUT2D eigenvalue weighted by Gasteiger charge is 2.50. The first-order chi connectivity index (χ1) is 11.0. The summed E-state index contributed by atoms with van der Waals surface area (Å²) in [5.74, 6) is -3.30. The average Bonchev–Trinajstić information content (AvgIpc) is 2.53. The second-order valence-electron chi connectivity index (χ2n) is 6.33. The summed E-state index contributed by atoms with van der Waals surface area (Å²) in [5, 5.41) is 0. The summed E-state index contributed by atoms with van der Waals surface area (Å²) in [4.78, 5) is 22.1. The van der Waals surface area contributed by atoms with Gasteiger partial charge in [0.25, 0.3) is 0 Å². The third-order valence-electron chi connectivity index (χ3n) is 4.55. The molecular formula is C16H21F2N3O2. The maximum Gasteiger partial charge on any atom is 0.316 e. The van der Waals surface area contributed by atoms with Gasteiger partial charge in [-0.25, -0.2) is 18.7 Å². The fraction of sp³-hybridized carbons (Fsp3) is 0.688. The monoisotopic (exact) mass is 325 g/mol. The third-order valence-corrected chi connectivity index (χ3v) is 4.55. The number of aryl methyl sites for hydroxylation is 1. The molecule has 7 heteroatoms. The Labute approximate surface area is 134 Å². The largest absolute Gasteiger partial charge is 0.460 e. The molecule has 23 heavy (non-hydrogen) atoms. The number of ether oxygens (including phenoxy) is 1. The van der Waals surface area contributed by atoms with Crippen LogP contribution in [0.5, 0.6) is 6.01 Å². The number of rotatable bonds is 4. The molecule has 0 atom stereocenters. The molecule has 0 radical (unpaired) electrons. The molecule has 1 saturated heterocycles. The number of hydrogen-bond acceptors (Lipinski definition) is 4. The van der Waals surface area contributed by atoms with Gasteiger partial charge >= 0.3 is 6.01 Å². The number of aromatic nitrogens is 2. The summed E-state index contributed by atoms with van der Waals surface area (Å²) in [7, 11) is 0. The molecule has 1 aromatic heterocycles. The molecule has 0 N–H and O–H groups in total. The molecular weight excluding hydrogens is 304 g/mol. The number of piperidine rings is 1. The van der Waals surface area contributed by atoms with E-state index in [1.165, 1.54) is 0 Å². The summed E-state index contributed by atoms with van der Waals surface area (Å²) in [6.45, 7) is 3.11. The van der Waals surface area contributed by atoms with E-state index in [0.29, 0.717) is 31.9 Å². The van der Waals surface area contributed by atoms with Gasteiger partial charge in [-0.1, -0.05) is 6.92 Å². The molecule has 0 spiro atoms. The van der Waals surface area contributed by atoms with Gasteiger partial charge in [0.1, 0.15) is 6.10 Å². The smallest absolute Gasteiger partial charge is 0.316 e. The fourth-order valence-corrected chi connectivity index (χ4v) is 3.02. The van der Waals surface area contributed by atoms with Crippen LogP contribution in [0.25, 0.3) is 0 Å². The first kappa shape index (κ1) is 16.1. The van der Waals surface area contributed by atoms with Crippen molar-refractivity contribution < 1.29 is 18.3 Å². The number of carbonyl (C=O) groups excluding carboxylic acids is 1. The molecule has 126 valence electrons. The fourth-order valence-electron chi connectivity index (χ4n) is 3.02. The minimum atomic E-state index is -2.65. The van der Waals surface area contributed by atoms with Crippen molar-refractivity contribution in [3.63, 3.8) is 0 Å². The molecule has 2 fully saturated rings. The lowest BCUT2D eigenvalue weighted by atomic mass is 9.80. The number of hydrogen-bond donors (Lipinski definition) is 0. The highest BCUT2D eigenvalue weighted by atomic mass is 19.3. The van der Waals surface area contributed by atoms with E-state index in [4.69, 9.17) is 4.74 Å². The van der Waals surface area contributed by atoms with E-state index in [2.05, 4.69) is 9.97 Å². The zero-order valence-electron chi connectivity index (χ0n) is 13.2. The molecule has 1 aliphatic heterocycles. The molecule has 0 unspecified atom stereocenters. The molecule has 2 aliphatic rings. The first-order valence-corrected chi connectivity index (χ1v) is 8.11. The normalized spacial score (nSPS) is 21.8. The molecule has 1 aliphatic carbocycles. The molecule has 1 aromatic rings. The van der Waals surface area contributed by atoms with E-state index in [0.717, 1.165) is 12.0 Å².